The van der Waals surface area contributed by atoms with E-state index in [1.165, 1.54) is 0 Å². The standard InChI is InChI=1S/C6H10O3S/c1-6-4-2-3-5-9-10(6,7)8/h2-3,6H,4-5H2,1H3. The molecule has 0 amide bonds. The van der Waals surface area contributed by atoms with Gasteiger partial charge in [0.25, 0.3) is 10.1 Å². The molecule has 1 unspecified atom stereocenters. The molecule has 0 saturated heterocycles. The van der Waals surface area contributed by atoms with Gasteiger partial charge in [-0.3, -0.25) is 4.18 Å². The van der Waals surface area contributed by atoms with Crippen molar-refractivity contribution in [3.63, 3.8) is 0 Å². The van der Waals surface area contributed by atoms with E-state index in [1.807, 2.05) is 6.08 Å². The van der Waals surface area contributed by atoms with E-state index < -0.39 is 15.4 Å². The molecule has 1 heterocycles. The van der Waals surface area contributed by atoms with Crippen molar-refractivity contribution in [1.82, 2.24) is 0 Å². The first kappa shape index (κ1) is 7.75. The fourth-order valence-corrected chi connectivity index (χ4v) is 1.57. The van der Waals surface area contributed by atoms with Crippen molar-refractivity contribution < 1.29 is 12.6 Å². The van der Waals surface area contributed by atoms with E-state index in [2.05, 4.69) is 4.18 Å². The molecule has 1 atom stereocenters. The van der Waals surface area contributed by atoms with Gasteiger partial charge in [-0.25, -0.2) is 0 Å². The fraction of sp³-hybridized carbons (Fsp3) is 0.667. The Morgan fingerprint density at radius 3 is 2.90 bits per heavy atom. The fourth-order valence-electron chi connectivity index (χ4n) is 0.724. The van der Waals surface area contributed by atoms with Crippen LogP contribution in [-0.4, -0.2) is 20.3 Å². The van der Waals surface area contributed by atoms with Crippen LogP contribution in [0.25, 0.3) is 0 Å². The molecule has 0 N–H and O–H groups in total. The molecular weight excluding hydrogens is 152 g/mol. The van der Waals surface area contributed by atoms with Crippen LogP contribution in [0.2, 0.25) is 0 Å². The lowest BCUT2D eigenvalue weighted by atomic mass is 10.3. The zero-order valence-electron chi connectivity index (χ0n) is 5.78. The smallest absolute Gasteiger partial charge is 0.266 e. The van der Waals surface area contributed by atoms with Crippen molar-refractivity contribution in [2.24, 2.45) is 0 Å². The van der Waals surface area contributed by atoms with Crippen LogP contribution in [0.15, 0.2) is 12.2 Å². The Balaban J connectivity index is 2.80. The summed E-state index contributed by atoms with van der Waals surface area (Å²) in [6.45, 7) is 1.83. The molecule has 4 heteroatoms. The topological polar surface area (TPSA) is 43.4 Å². The molecule has 3 nitrogen and oxygen atoms in total. The summed E-state index contributed by atoms with van der Waals surface area (Å²) in [5.41, 5.74) is 0. The van der Waals surface area contributed by atoms with Gasteiger partial charge >= 0.3 is 0 Å². The van der Waals surface area contributed by atoms with Crippen molar-refractivity contribution in [3.05, 3.63) is 12.2 Å². The minimum Gasteiger partial charge on any atom is -0.266 e. The molecule has 0 aliphatic carbocycles. The second-order valence-corrected chi connectivity index (χ2v) is 4.32. The van der Waals surface area contributed by atoms with Crippen LogP contribution < -0.4 is 0 Å². The zero-order chi connectivity index (χ0) is 7.61. The highest BCUT2D eigenvalue weighted by molar-refractivity contribution is 7.87. The molecule has 58 valence electrons. The highest BCUT2D eigenvalue weighted by Crippen LogP contribution is 2.11. The SMILES string of the molecule is CC1CC=CCOS1(=O)=O. The molecule has 10 heavy (non-hydrogen) atoms. The molecule has 1 aliphatic heterocycles. The second kappa shape index (κ2) is 2.72. The normalized spacial score (nSPS) is 31.5. The minimum absolute atomic E-state index is 0.187. The Hall–Kier alpha value is -0.350. The van der Waals surface area contributed by atoms with Gasteiger partial charge in [-0.15, -0.1) is 0 Å². The number of rotatable bonds is 0. The van der Waals surface area contributed by atoms with Gasteiger partial charge in [0.05, 0.1) is 11.9 Å². The molecule has 0 saturated carbocycles. The third-order valence-corrected chi connectivity index (χ3v) is 3.10. The van der Waals surface area contributed by atoms with Gasteiger partial charge in [0, 0.05) is 0 Å². The van der Waals surface area contributed by atoms with Crippen LogP contribution in [0.5, 0.6) is 0 Å². The number of hydrogen-bond donors (Lipinski definition) is 0. The van der Waals surface area contributed by atoms with Gasteiger partial charge in [0.2, 0.25) is 0 Å². The van der Waals surface area contributed by atoms with Crippen molar-refractivity contribution in [1.29, 1.82) is 0 Å². The summed E-state index contributed by atoms with van der Waals surface area (Å²) in [7, 11) is -3.26. The van der Waals surface area contributed by atoms with Crippen LogP contribution >= 0.6 is 0 Å². The van der Waals surface area contributed by atoms with Crippen LogP contribution in [0.1, 0.15) is 13.3 Å². The van der Waals surface area contributed by atoms with Crippen molar-refractivity contribution in [2.75, 3.05) is 6.61 Å². The lowest BCUT2D eigenvalue weighted by Gasteiger charge is -2.05. The second-order valence-electron chi connectivity index (χ2n) is 2.30. The van der Waals surface area contributed by atoms with Crippen LogP contribution in [-0.2, 0) is 14.3 Å². The summed E-state index contributed by atoms with van der Waals surface area (Å²) in [5, 5.41) is -0.397. The Labute approximate surface area is 60.8 Å². The predicted octanol–water partition coefficient (Wildman–Crippen LogP) is 0.681. The molecule has 1 aliphatic rings. The maximum atomic E-state index is 10.9. The Morgan fingerprint density at radius 1 is 1.50 bits per heavy atom. The summed E-state index contributed by atoms with van der Waals surface area (Å²) in [4.78, 5) is 0. The summed E-state index contributed by atoms with van der Waals surface area (Å²) in [6, 6.07) is 0. The Morgan fingerprint density at radius 2 is 2.20 bits per heavy atom. The molecule has 0 fully saturated rings. The first-order valence-corrected chi connectivity index (χ1v) is 4.63. The van der Waals surface area contributed by atoms with Crippen LogP contribution in [0, 0.1) is 0 Å². The number of allylic oxidation sites excluding steroid dienone is 1. The van der Waals surface area contributed by atoms with E-state index in [-0.39, 0.29) is 6.61 Å². The van der Waals surface area contributed by atoms with E-state index in [0.29, 0.717) is 6.42 Å². The molecule has 0 aromatic heterocycles. The lowest BCUT2D eigenvalue weighted by Crippen LogP contribution is -2.18. The van der Waals surface area contributed by atoms with Gasteiger partial charge in [-0.1, -0.05) is 12.2 Å². The van der Waals surface area contributed by atoms with E-state index in [4.69, 9.17) is 0 Å². The van der Waals surface area contributed by atoms with Crippen molar-refractivity contribution >= 4 is 10.1 Å². The molecule has 1 rings (SSSR count). The summed E-state index contributed by atoms with van der Waals surface area (Å²) in [5.74, 6) is 0. The maximum absolute atomic E-state index is 10.9. The molecular formula is C6H10O3S. The number of hydrogen-bond acceptors (Lipinski definition) is 3. The van der Waals surface area contributed by atoms with Crippen LogP contribution in [0.4, 0.5) is 0 Å². The van der Waals surface area contributed by atoms with E-state index in [1.54, 1.807) is 13.0 Å². The Kier molecular flexibility index (Phi) is 2.11. The third kappa shape index (κ3) is 1.58. The van der Waals surface area contributed by atoms with Gasteiger partial charge in [-0.2, -0.15) is 8.42 Å². The average molecular weight is 162 g/mol. The third-order valence-electron chi connectivity index (χ3n) is 1.46. The summed E-state index contributed by atoms with van der Waals surface area (Å²) in [6.07, 6.45) is 4.11. The van der Waals surface area contributed by atoms with Crippen molar-refractivity contribution in [3.8, 4) is 0 Å². The van der Waals surface area contributed by atoms with E-state index >= 15 is 0 Å². The first-order valence-electron chi connectivity index (χ1n) is 3.16. The maximum Gasteiger partial charge on any atom is 0.270 e. The minimum atomic E-state index is -3.26. The predicted molar refractivity (Wildman–Crippen MR) is 38.1 cm³/mol. The van der Waals surface area contributed by atoms with Gasteiger partial charge in [-0.05, 0) is 13.3 Å². The monoisotopic (exact) mass is 162 g/mol. The molecule has 0 spiro atoms. The summed E-state index contributed by atoms with van der Waals surface area (Å²) >= 11 is 0. The molecule has 0 radical (unpaired) electrons. The lowest BCUT2D eigenvalue weighted by molar-refractivity contribution is 0.354. The average Bonchev–Trinajstić information content (AvgIpc) is 1.96. The molecule has 0 aromatic carbocycles. The first-order chi connectivity index (χ1) is 4.63. The molecule has 0 aromatic rings. The quantitative estimate of drug-likeness (QED) is 0.388. The zero-order valence-corrected chi connectivity index (χ0v) is 6.60. The van der Waals surface area contributed by atoms with E-state index in [0.717, 1.165) is 0 Å². The largest absolute Gasteiger partial charge is 0.270 e. The van der Waals surface area contributed by atoms with E-state index in [9.17, 15) is 8.42 Å². The highest BCUT2D eigenvalue weighted by atomic mass is 32.2. The highest BCUT2D eigenvalue weighted by Gasteiger charge is 2.21. The van der Waals surface area contributed by atoms with Gasteiger partial charge < -0.3 is 0 Å². The molecule has 0 bridgehead atoms. The Bertz CT molecular complexity index is 227. The van der Waals surface area contributed by atoms with Crippen molar-refractivity contribution in [2.45, 2.75) is 18.6 Å². The van der Waals surface area contributed by atoms with Gasteiger partial charge in [0.1, 0.15) is 0 Å². The van der Waals surface area contributed by atoms with Gasteiger partial charge in [0.15, 0.2) is 0 Å². The summed E-state index contributed by atoms with van der Waals surface area (Å²) < 4.78 is 26.5. The van der Waals surface area contributed by atoms with Crippen LogP contribution in [0.3, 0.4) is 0 Å².